The van der Waals surface area contributed by atoms with Crippen LogP contribution in [0.15, 0.2) is 59.6 Å². The van der Waals surface area contributed by atoms with Crippen LogP contribution in [0.2, 0.25) is 0 Å². The van der Waals surface area contributed by atoms with E-state index in [-0.39, 0.29) is 0 Å². The van der Waals surface area contributed by atoms with Gasteiger partial charge in [0.15, 0.2) is 0 Å². The molecule has 0 unspecified atom stereocenters. The number of rotatable bonds is 1. The van der Waals surface area contributed by atoms with Crippen molar-refractivity contribution in [3.63, 3.8) is 0 Å². The molecule has 2 heteroatoms. The Labute approximate surface area is 104 Å². The molecule has 0 radical (unpaired) electrons. The molecule has 3 aromatic carbocycles. The maximum atomic E-state index is 4.68. The molecule has 0 N–H and O–H groups in total. The molecule has 0 heterocycles. The van der Waals surface area contributed by atoms with Gasteiger partial charge in [-0.25, -0.2) is 0 Å². The van der Waals surface area contributed by atoms with Gasteiger partial charge in [-0.15, -0.1) is 0 Å². The molecule has 0 aliphatic carbocycles. The fourth-order valence-electron chi connectivity index (χ4n) is 2.10. The highest BCUT2D eigenvalue weighted by Gasteiger charge is 2.01. The van der Waals surface area contributed by atoms with Gasteiger partial charge in [-0.1, -0.05) is 36.4 Å². The maximum absolute atomic E-state index is 4.68. The predicted octanol–water partition coefficient (Wildman–Crippen LogP) is 4.73. The second-order valence-corrected chi connectivity index (χ2v) is 4.08. The van der Waals surface area contributed by atoms with Crippen LogP contribution in [0.3, 0.4) is 0 Å². The highest BCUT2D eigenvalue weighted by molar-refractivity contribution is 7.78. The van der Waals surface area contributed by atoms with Crippen molar-refractivity contribution in [3.8, 4) is 0 Å². The lowest BCUT2D eigenvalue weighted by Crippen LogP contribution is -1.76. The van der Waals surface area contributed by atoms with Crippen molar-refractivity contribution in [2.75, 3.05) is 0 Å². The molecule has 0 saturated carbocycles. The normalized spacial score (nSPS) is 10.4. The fourth-order valence-corrected chi connectivity index (χ4v) is 2.20. The van der Waals surface area contributed by atoms with Crippen molar-refractivity contribution >= 4 is 44.6 Å². The quantitative estimate of drug-likeness (QED) is 0.337. The summed E-state index contributed by atoms with van der Waals surface area (Å²) in [6.07, 6.45) is 0. The van der Waals surface area contributed by atoms with Crippen LogP contribution in [-0.2, 0) is 0 Å². The summed E-state index contributed by atoms with van der Waals surface area (Å²) in [5.41, 5.74) is 0.878. The number of fused-ring (bicyclic) bond motifs is 2. The summed E-state index contributed by atoms with van der Waals surface area (Å²) < 4.78 is 0. The molecular formula is C15H9NS. The van der Waals surface area contributed by atoms with Crippen molar-refractivity contribution in [1.29, 1.82) is 0 Å². The molecule has 0 aromatic heterocycles. The number of nitrogens with zero attached hydrogens (tertiary/aromatic N) is 1. The molecule has 80 valence electrons. The number of hydrogen-bond donors (Lipinski definition) is 0. The Balaban J connectivity index is 2.47. The Bertz CT molecular complexity index is 755. The second-order valence-electron chi connectivity index (χ2n) is 3.90. The molecule has 0 saturated heterocycles. The summed E-state index contributed by atoms with van der Waals surface area (Å²) in [6, 6.07) is 18.7. The molecule has 0 aliphatic rings. The van der Waals surface area contributed by atoms with Crippen LogP contribution in [0, 0.1) is 0 Å². The number of aliphatic imine (C=N–C) groups is 1. The van der Waals surface area contributed by atoms with Gasteiger partial charge in [0, 0.05) is 5.39 Å². The third-order valence-electron chi connectivity index (χ3n) is 2.89. The van der Waals surface area contributed by atoms with Crippen molar-refractivity contribution in [3.05, 3.63) is 54.6 Å². The number of isothiocyanates is 1. The van der Waals surface area contributed by atoms with E-state index in [4.69, 9.17) is 0 Å². The van der Waals surface area contributed by atoms with E-state index in [2.05, 4.69) is 52.7 Å². The lowest BCUT2D eigenvalue weighted by Gasteiger charge is -2.04. The SMILES string of the molecule is S=C=Nc1cccc2cc3ccccc3cc12. The zero-order valence-corrected chi connectivity index (χ0v) is 9.87. The molecular weight excluding hydrogens is 226 g/mol. The Kier molecular flexibility index (Phi) is 2.45. The van der Waals surface area contributed by atoms with E-state index < -0.39 is 0 Å². The monoisotopic (exact) mass is 235 g/mol. The first kappa shape index (κ1) is 10.2. The fraction of sp³-hybridized carbons (Fsp3) is 0. The van der Waals surface area contributed by atoms with Crippen LogP contribution in [0.1, 0.15) is 0 Å². The molecule has 3 aromatic rings. The minimum Gasteiger partial charge on any atom is -0.194 e. The summed E-state index contributed by atoms with van der Waals surface area (Å²) in [7, 11) is 0. The Morgan fingerprint density at radius 2 is 1.53 bits per heavy atom. The molecule has 0 fully saturated rings. The minimum atomic E-state index is 0.878. The summed E-state index contributed by atoms with van der Waals surface area (Å²) >= 11 is 4.68. The smallest absolute Gasteiger partial charge is 0.0818 e. The highest BCUT2D eigenvalue weighted by Crippen LogP contribution is 2.29. The predicted molar refractivity (Wildman–Crippen MR) is 76.1 cm³/mol. The van der Waals surface area contributed by atoms with Crippen LogP contribution in [0.4, 0.5) is 5.69 Å². The molecule has 1 nitrogen and oxygen atoms in total. The Morgan fingerprint density at radius 3 is 2.29 bits per heavy atom. The van der Waals surface area contributed by atoms with E-state index in [1.165, 1.54) is 16.2 Å². The Hall–Kier alpha value is -2.02. The zero-order chi connectivity index (χ0) is 11.7. The largest absolute Gasteiger partial charge is 0.194 e. The first-order valence-electron chi connectivity index (χ1n) is 5.38. The summed E-state index contributed by atoms with van der Waals surface area (Å²) in [6.45, 7) is 0. The van der Waals surface area contributed by atoms with E-state index in [1.54, 1.807) is 0 Å². The topological polar surface area (TPSA) is 12.4 Å². The molecule has 0 bridgehead atoms. The van der Waals surface area contributed by atoms with Crippen LogP contribution >= 0.6 is 12.2 Å². The van der Waals surface area contributed by atoms with Gasteiger partial charge < -0.3 is 0 Å². The van der Waals surface area contributed by atoms with E-state index in [9.17, 15) is 0 Å². The third-order valence-corrected chi connectivity index (χ3v) is 2.98. The first-order chi connectivity index (χ1) is 8.38. The average molecular weight is 235 g/mol. The first-order valence-corrected chi connectivity index (χ1v) is 5.79. The summed E-state index contributed by atoms with van der Waals surface area (Å²) in [5, 5.41) is 7.18. The molecule has 3 rings (SSSR count). The van der Waals surface area contributed by atoms with Gasteiger partial charge in [0.2, 0.25) is 0 Å². The lowest BCUT2D eigenvalue weighted by molar-refractivity contribution is 1.60. The number of thiocarbonyl (C=S) groups is 1. The maximum Gasteiger partial charge on any atom is 0.0818 e. The lowest BCUT2D eigenvalue weighted by atomic mass is 10.0. The molecule has 0 amide bonds. The van der Waals surface area contributed by atoms with E-state index in [0.717, 1.165) is 11.1 Å². The van der Waals surface area contributed by atoms with Crippen molar-refractivity contribution < 1.29 is 0 Å². The van der Waals surface area contributed by atoms with Gasteiger partial charge in [-0.05, 0) is 46.6 Å². The van der Waals surface area contributed by atoms with Gasteiger partial charge in [0.05, 0.1) is 10.8 Å². The van der Waals surface area contributed by atoms with Gasteiger partial charge in [-0.3, -0.25) is 0 Å². The zero-order valence-electron chi connectivity index (χ0n) is 9.05. The van der Waals surface area contributed by atoms with E-state index in [0.29, 0.717) is 0 Å². The Morgan fingerprint density at radius 1 is 0.824 bits per heavy atom. The van der Waals surface area contributed by atoms with Crippen LogP contribution < -0.4 is 0 Å². The van der Waals surface area contributed by atoms with Crippen LogP contribution in [0.25, 0.3) is 21.5 Å². The molecule has 0 spiro atoms. The molecule has 0 atom stereocenters. The van der Waals surface area contributed by atoms with Gasteiger partial charge in [0.1, 0.15) is 0 Å². The molecule has 0 aliphatic heterocycles. The average Bonchev–Trinajstić information content (AvgIpc) is 2.37. The number of benzene rings is 3. The van der Waals surface area contributed by atoms with Crippen molar-refractivity contribution in [2.45, 2.75) is 0 Å². The van der Waals surface area contributed by atoms with E-state index >= 15 is 0 Å². The summed E-state index contributed by atoms with van der Waals surface area (Å²) in [4.78, 5) is 4.11. The van der Waals surface area contributed by atoms with Gasteiger partial charge >= 0.3 is 0 Å². The van der Waals surface area contributed by atoms with Crippen molar-refractivity contribution in [2.24, 2.45) is 4.99 Å². The van der Waals surface area contributed by atoms with Gasteiger partial charge in [0.25, 0.3) is 0 Å². The number of hydrogen-bond acceptors (Lipinski definition) is 2. The van der Waals surface area contributed by atoms with Crippen molar-refractivity contribution in [1.82, 2.24) is 0 Å². The molecule has 17 heavy (non-hydrogen) atoms. The highest BCUT2D eigenvalue weighted by atomic mass is 32.1. The van der Waals surface area contributed by atoms with Crippen LogP contribution in [0.5, 0.6) is 0 Å². The standard InChI is InChI=1S/C15H9NS/c17-10-16-15-7-3-6-13-8-11-4-1-2-5-12(11)9-14(13)15/h1-9H. The van der Waals surface area contributed by atoms with Crippen LogP contribution in [-0.4, -0.2) is 5.16 Å². The van der Waals surface area contributed by atoms with Gasteiger partial charge in [-0.2, -0.15) is 4.99 Å². The third kappa shape index (κ3) is 1.74. The van der Waals surface area contributed by atoms with E-state index in [1.807, 2.05) is 24.3 Å². The summed E-state index contributed by atoms with van der Waals surface area (Å²) in [5.74, 6) is 0. The minimum absolute atomic E-state index is 0.878. The second kappa shape index (κ2) is 4.10.